The molecule has 1 aromatic carbocycles. The first-order valence-electron chi connectivity index (χ1n) is 9.86. The standard InChI is InChI=1S/C24H26N6O/c1-17-12-20(13-18(2)29-17)22(24(26-16-25)19-8-5-4-6-9-19)15-28-27-14-21-10-7-11-23(30-21)31-3/h4-13,15-16,27H,14H2,1-3H3,(H2,25,26)/b24-22+,28-15?. The number of hydrogen-bond acceptors (Lipinski definition) is 6. The number of ether oxygens (including phenoxy) is 1. The summed E-state index contributed by atoms with van der Waals surface area (Å²) in [5.41, 5.74) is 14.8. The first kappa shape index (κ1) is 21.7. The molecule has 0 spiro atoms. The molecule has 0 unspecified atom stereocenters. The Balaban J connectivity index is 1.98. The van der Waals surface area contributed by atoms with E-state index in [1.807, 2.05) is 68.4 Å². The molecule has 0 saturated carbocycles. The number of nitrogens with one attached hydrogen (secondary N) is 1. The van der Waals surface area contributed by atoms with Crippen molar-refractivity contribution in [2.24, 2.45) is 15.8 Å². The van der Waals surface area contributed by atoms with Crippen LogP contribution in [0.25, 0.3) is 11.3 Å². The third-order valence-electron chi connectivity index (χ3n) is 4.43. The van der Waals surface area contributed by atoms with Crippen LogP contribution in [0, 0.1) is 13.8 Å². The summed E-state index contributed by atoms with van der Waals surface area (Å²) >= 11 is 0. The molecule has 0 saturated heterocycles. The largest absolute Gasteiger partial charge is 0.481 e. The molecule has 7 heteroatoms. The van der Waals surface area contributed by atoms with Crippen molar-refractivity contribution in [2.75, 3.05) is 7.11 Å². The van der Waals surface area contributed by atoms with Crippen LogP contribution in [-0.2, 0) is 6.54 Å². The van der Waals surface area contributed by atoms with Gasteiger partial charge in [0.15, 0.2) is 0 Å². The molecule has 7 nitrogen and oxygen atoms in total. The summed E-state index contributed by atoms with van der Waals surface area (Å²) in [6, 6.07) is 19.5. The monoisotopic (exact) mass is 414 g/mol. The summed E-state index contributed by atoms with van der Waals surface area (Å²) < 4.78 is 5.17. The fraction of sp³-hybridized carbons (Fsp3) is 0.167. The Bertz CT molecular complexity index is 1090. The van der Waals surface area contributed by atoms with Gasteiger partial charge in [0.05, 0.1) is 37.6 Å². The van der Waals surface area contributed by atoms with Crippen molar-refractivity contribution in [1.29, 1.82) is 0 Å². The Morgan fingerprint density at radius 1 is 1.00 bits per heavy atom. The molecule has 0 atom stereocenters. The summed E-state index contributed by atoms with van der Waals surface area (Å²) in [5, 5.41) is 4.44. The average Bonchev–Trinajstić information content (AvgIpc) is 2.78. The van der Waals surface area contributed by atoms with Gasteiger partial charge in [-0.15, -0.1) is 0 Å². The van der Waals surface area contributed by atoms with Gasteiger partial charge in [0.25, 0.3) is 0 Å². The summed E-state index contributed by atoms with van der Waals surface area (Å²) in [7, 11) is 1.59. The zero-order valence-electron chi connectivity index (χ0n) is 17.9. The molecule has 2 aromatic heterocycles. The van der Waals surface area contributed by atoms with Gasteiger partial charge in [0, 0.05) is 28.6 Å². The molecule has 3 N–H and O–H groups in total. The number of hydrogen-bond donors (Lipinski definition) is 2. The molecule has 0 aliphatic carbocycles. The van der Waals surface area contributed by atoms with Crippen LogP contribution >= 0.6 is 0 Å². The van der Waals surface area contributed by atoms with Gasteiger partial charge in [-0.25, -0.2) is 9.98 Å². The molecule has 2 heterocycles. The molecule has 31 heavy (non-hydrogen) atoms. The van der Waals surface area contributed by atoms with E-state index < -0.39 is 0 Å². The molecule has 0 bridgehead atoms. The van der Waals surface area contributed by atoms with Crippen LogP contribution in [-0.4, -0.2) is 29.6 Å². The van der Waals surface area contributed by atoms with Gasteiger partial charge in [-0.05, 0) is 37.6 Å². The minimum absolute atomic E-state index is 0.455. The van der Waals surface area contributed by atoms with Gasteiger partial charge >= 0.3 is 0 Å². The van der Waals surface area contributed by atoms with Crippen molar-refractivity contribution in [3.05, 3.63) is 88.9 Å². The van der Waals surface area contributed by atoms with E-state index in [9.17, 15) is 0 Å². The van der Waals surface area contributed by atoms with Crippen molar-refractivity contribution in [1.82, 2.24) is 15.4 Å². The van der Waals surface area contributed by atoms with Crippen LogP contribution in [0.3, 0.4) is 0 Å². The van der Waals surface area contributed by atoms with E-state index in [4.69, 9.17) is 10.5 Å². The van der Waals surface area contributed by atoms with Crippen molar-refractivity contribution in [3.8, 4) is 5.88 Å². The SMILES string of the molecule is COc1cccc(CNN=C/C(=C(\N=CN)c2ccccc2)c2cc(C)nc(C)c2)n1. The minimum Gasteiger partial charge on any atom is -0.481 e. The van der Waals surface area contributed by atoms with E-state index in [0.717, 1.165) is 39.5 Å². The number of aromatic nitrogens is 2. The predicted octanol–water partition coefficient (Wildman–Crippen LogP) is 3.73. The Labute approximate surface area is 182 Å². The zero-order chi connectivity index (χ0) is 22.1. The lowest BCUT2D eigenvalue weighted by Crippen LogP contribution is -2.08. The summed E-state index contributed by atoms with van der Waals surface area (Å²) in [6.45, 7) is 4.38. The van der Waals surface area contributed by atoms with Crippen LogP contribution in [0.4, 0.5) is 0 Å². The van der Waals surface area contributed by atoms with Gasteiger partial charge in [-0.1, -0.05) is 36.4 Å². The maximum atomic E-state index is 5.68. The van der Waals surface area contributed by atoms with E-state index >= 15 is 0 Å². The maximum absolute atomic E-state index is 5.68. The number of nitrogens with two attached hydrogens (primary N) is 1. The van der Waals surface area contributed by atoms with Gasteiger partial charge in [-0.3, -0.25) is 4.98 Å². The first-order valence-corrected chi connectivity index (χ1v) is 9.86. The number of nitrogens with zero attached hydrogens (tertiary/aromatic N) is 4. The highest BCUT2D eigenvalue weighted by atomic mass is 16.5. The highest BCUT2D eigenvalue weighted by Crippen LogP contribution is 2.27. The second-order valence-corrected chi connectivity index (χ2v) is 6.81. The Kier molecular flexibility index (Phi) is 7.48. The second-order valence-electron chi connectivity index (χ2n) is 6.81. The highest BCUT2D eigenvalue weighted by Gasteiger charge is 2.11. The van der Waals surface area contributed by atoms with Crippen molar-refractivity contribution >= 4 is 23.8 Å². The fourth-order valence-electron chi connectivity index (χ4n) is 3.14. The number of aliphatic imine (C=N–C) groups is 1. The van der Waals surface area contributed by atoms with Crippen LogP contribution in [0.5, 0.6) is 5.88 Å². The Morgan fingerprint density at radius 2 is 1.74 bits per heavy atom. The average molecular weight is 415 g/mol. The number of allylic oxidation sites excluding steroid dienone is 1. The van der Waals surface area contributed by atoms with E-state index in [0.29, 0.717) is 12.4 Å². The van der Waals surface area contributed by atoms with Crippen molar-refractivity contribution in [3.63, 3.8) is 0 Å². The number of rotatable bonds is 8. The third-order valence-corrected chi connectivity index (χ3v) is 4.43. The van der Waals surface area contributed by atoms with Gasteiger partial charge in [0.2, 0.25) is 5.88 Å². The number of methoxy groups -OCH3 is 1. The van der Waals surface area contributed by atoms with Crippen LogP contribution in [0.15, 0.2) is 70.8 Å². The molecule has 0 aliphatic heterocycles. The molecule has 3 aromatic rings. The number of benzene rings is 1. The Morgan fingerprint density at radius 3 is 2.42 bits per heavy atom. The minimum atomic E-state index is 0.455. The topological polar surface area (TPSA) is 97.8 Å². The normalized spacial score (nSPS) is 12.2. The molecule has 0 amide bonds. The maximum Gasteiger partial charge on any atom is 0.213 e. The number of hydrazone groups is 1. The lowest BCUT2D eigenvalue weighted by atomic mass is 10.00. The quantitative estimate of drug-likeness (QED) is 0.332. The van der Waals surface area contributed by atoms with Crippen LogP contribution in [0.2, 0.25) is 0 Å². The summed E-state index contributed by atoms with van der Waals surface area (Å²) in [5.74, 6) is 0.565. The molecular weight excluding hydrogens is 388 g/mol. The fourth-order valence-corrected chi connectivity index (χ4v) is 3.14. The molecular formula is C24H26N6O. The predicted molar refractivity (Wildman–Crippen MR) is 126 cm³/mol. The van der Waals surface area contributed by atoms with Crippen LogP contribution < -0.4 is 15.9 Å². The first-order chi connectivity index (χ1) is 15.1. The van der Waals surface area contributed by atoms with E-state index in [1.165, 1.54) is 6.34 Å². The zero-order valence-corrected chi connectivity index (χ0v) is 17.9. The molecule has 158 valence electrons. The lowest BCUT2D eigenvalue weighted by molar-refractivity contribution is 0.396. The summed E-state index contributed by atoms with van der Waals surface area (Å²) in [6.07, 6.45) is 3.05. The van der Waals surface area contributed by atoms with Crippen molar-refractivity contribution < 1.29 is 4.74 Å². The third kappa shape index (κ3) is 5.99. The van der Waals surface area contributed by atoms with Gasteiger partial charge < -0.3 is 15.9 Å². The van der Waals surface area contributed by atoms with Crippen molar-refractivity contribution in [2.45, 2.75) is 20.4 Å². The van der Waals surface area contributed by atoms with Gasteiger partial charge in [-0.2, -0.15) is 5.10 Å². The molecule has 3 rings (SSSR count). The lowest BCUT2D eigenvalue weighted by Gasteiger charge is -2.11. The number of aryl methyl sites for hydroxylation is 2. The number of pyridine rings is 2. The molecule has 0 fully saturated rings. The smallest absolute Gasteiger partial charge is 0.213 e. The Hall–Kier alpha value is -4.00. The van der Waals surface area contributed by atoms with E-state index in [2.05, 4.69) is 25.5 Å². The van der Waals surface area contributed by atoms with Crippen LogP contribution in [0.1, 0.15) is 28.2 Å². The van der Waals surface area contributed by atoms with Gasteiger partial charge in [0.1, 0.15) is 0 Å². The second kappa shape index (κ2) is 10.7. The molecule has 0 aliphatic rings. The highest BCUT2D eigenvalue weighted by molar-refractivity contribution is 6.19. The van der Waals surface area contributed by atoms with E-state index in [1.54, 1.807) is 19.4 Å². The summed E-state index contributed by atoms with van der Waals surface area (Å²) in [4.78, 5) is 13.3. The molecule has 0 radical (unpaired) electrons. The van der Waals surface area contributed by atoms with E-state index in [-0.39, 0.29) is 0 Å².